The largest absolute Gasteiger partial charge is 0.391 e. The van der Waals surface area contributed by atoms with Crippen molar-refractivity contribution < 1.29 is 14.3 Å². The highest BCUT2D eigenvalue weighted by Gasteiger charge is 2.28. The summed E-state index contributed by atoms with van der Waals surface area (Å²) in [4.78, 5) is 24.7. The molecule has 0 saturated carbocycles. The predicted molar refractivity (Wildman–Crippen MR) is 108 cm³/mol. The Hall–Kier alpha value is -3.02. The Kier molecular flexibility index (Phi) is 5.19. The van der Waals surface area contributed by atoms with Gasteiger partial charge in [-0.3, -0.25) is 5.32 Å². The molecule has 1 unspecified atom stereocenters. The molecule has 0 radical (unpaired) electrons. The lowest BCUT2D eigenvalue weighted by molar-refractivity contribution is -0.162. The summed E-state index contributed by atoms with van der Waals surface area (Å²) in [6, 6.07) is 20.4. The summed E-state index contributed by atoms with van der Waals surface area (Å²) >= 11 is 0. The van der Waals surface area contributed by atoms with Crippen LogP contribution in [0.5, 0.6) is 0 Å². The molecule has 0 amide bonds. The van der Waals surface area contributed by atoms with Crippen LogP contribution in [0, 0.1) is 0 Å². The number of carbonyl (C=O) groups is 2. The van der Waals surface area contributed by atoms with Gasteiger partial charge in [0.05, 0.1) is 0 Å². The first-order valence-corrected chi connectivity index (χ1v) is 9.39. The molecular formula is C23H22N2O3. The second-order valence-corrected chi connectivity index (χ2v) is 7.14. The van der Waals surface area contributed by atoms with Gasteiger partial charge >= 0.3 is 11.9 Å². The second kappa shape index (κ2) is 7.92. The minimum Gasteiger partial charge on any atom is -0.391 e. The van der Waals surface area contributed by atoms with Gasteiger partial charge in [0.25, 0.3) is 0 Å². The van der Waals surface area contributed by atoms with Gasteiger partial charge in [0.15, 0.2) is 0 Å². The lowest BCUT2D eigenvalue weighted by atomic mass is 9.96. The van der Waals surface area contributed by atoms with Crippen LogP contribution in [-0.4, -0.2) is 24.0 Å². The number of benzene rings is 3. The van der Waals surface area contributed by atoms with Crippen molar-refractivity contribution in [1.29, 1.82) is 0 Å². The van der Waals surface area contributed by atoms with Crippen LogP contribution in [0.3, 0.4) is 0 Å². The molecule has 28 heavy (non-hydrogen) atoms. The van der Waals surface area contributed by atoms with E-state index in [1.54, 1.807) is 0 Å². The first-order valence-electron chi connectivity index (χ1n) is 9.39. The smallest absolute Gasteiger partial charge is 0.331 e. The Morgan fingerprint density at radius 2 is 1.71 bits per heavy atom. The maximum absolute atomic E-state index is 12.4. The summed E-state index contributed by atoms with van der Waals surface area (Å²) in [6.45, 7) is 0.577. The van der Waals surface area contributed by atoms with Crippen molar-refractivity contribution in [2.45, 2.75) is 31.5 Å². The molecule has 4 rings (SSSR count). The number of ether oxygens (including phenoxy) is 1. The Labute approximate surface area is 163 Å². The summed E-state index contributed by atoms with van der Waals surface area (Å²) in [7, 11) is 0. The van der Waals surface area contributed by atoms with E-state index >= 15 is 0 Å². The monoisotopic (exact) mass is 374 g/mol. The third kappa shape index (κ3) is 3.96. The van der Waals surface area contributed by atoms with Gasteiger partial charge in [-0.1, -0.05) is 66.7 Å². The van der Waals surface area contributed by atoms with E-state index in [0.29, 0.717) is 19.4 Å². The van der Waals surface area contributed by atoms with E-state index < -0.39 is 24.0 Å². The zero-order valence-corrected chi connectivity index (χ0v) is 15.4. The maximum atomic E-state index is 12.4. The number of hydrogen-bond acceptors (Lipinski definition) is 5. The van der Waals surface area contributed by atoms with Gasteiger partial charge in [0, 0.05) is 6.54 Å². The summed E-state index contributed by atoms with van der Waals surface area (Å²) in [5.41, 5.74) is 9.18. The van der Waals surface area contributed by atoms with Gasteiger partial charge in [-0.05, 0) is 40.3 Å². The minimum absolute atomic E-state index is 0.317. The summed E-state index contributed by atoms with van der Waals surface area (Å²) in [5.74, 6) is -1.27. The van der Waals surface area contributed by atoms with Gasteiger partial charge in [0.1, 0.15) is 12.1 Å². The molecule has 5 nitrogen and oxygen atoms in total. The van der Waals surface area contributed by atoms with Crippen LogP contribution in [0.25, 0.3) is 10.8 Å². The van der Waals surface area contributed by atoms with E-state index in [2.05, 4.69) is 5.32 Å². The molecule has 0 spiro atoms. The van der Waals surface area contributed by atoms with Crippen LogP contribution in [0.15, 0.2) is 66.7 Å². The van der Waals surface area contributed by atoms with Gasteiger partial charge in [-0.25, -0.2) is 9.59 Å². The predicted octanol–water partition coefficient (Wildman–Crippen LogP) is 2.49. The lowest BCUT2D eigenvalue weighted by Crippen LogP contribution is -2.45. The van der Waals surface area contributed by atoms with Crippen molar-refractivity contribution in [1.82, 2.24) is 5.32 Å². The van der Waals surface area contributed by atoms with E-state index in [9.17, 15) is 9.59 Å². The topological polar surface area (TPSA) is 81.4 Å². The highest BCUT2D eigenvalue weighted by molar-refractivity contribution is 5.91. The summed E-state index contributed by atoms with van der Waals surface area (Å²) in [6.07, 6.45) is 0.820. The lowest BCUT2D eigenvalue weighted by Gasteiger charge is -2.24. The number of esters is 2. The zero-order chi connectivity index (χ0) is 19.5. The van der Waals surface area contributed by atoms with Crippen LogP contribution >= 0.6 is 0 Å². The van der Waals surface area contributed by atoms with Crippen LogP contribution in [0.1, 0.15) is 16.7 Å². The Bertz CT molecular complexity index is 1030. The van der Waals surface area contributed by atoms with Crippen molar-refractivity contribution in [2.75, 3.05) is 0 Å². The molecular weight excluding hydrogens is 352 g/mol. The van der Waals surface area contributed by atoms with Crippen molar-refractivity contribution in [2.24, 2.45) is 5.73 Å². The molecule has 1 aliphatic rings. The van der Waals surface area contributed by atoms with E-state index in [1.165, 1.54) is 0 Å². The van der Waals surface area contributed by atoms with Crippen LogP contribution in [0.2, 0.25) is 0 Å². The molecule has 0 fully saturated rings. The first-order chi connectivity index (χ1) is 13.6. The van der Waals surface area contributed by atoms with Crippen molar-refractivity contribution in [3.05, 3.63) is 83.4 Å². The fourth-order valence-electron chi connectivity index (χ4n) is 3.57. The maximum Gasteiger partial charge on any atom is 0.331 e. The molecule has 0 bridgehead atoms. The zero-order valence-electron chi connectivity index (χ0n) is 15.4. The molecule has 3 aromatic rings. The van der Waals surface area contributed by atoms with Crippen LogP contribution in [0.4, 0.5) is 0 Å². The molecule has 5 heteroatoms. The minimum atomic E-state index is -0.888. The van der Waals surface area contributed by atoms with Gasteiger partial charge in [0.2, 0.25) is 0 Å². The summed E-state index contributed by atoms with van der Waals surface area (Å²) < 4.78 is 5.06. The van der Waals surface area contributed by atoms with Crippen molar-refractivity contribution in [3.8, 4) is 0 Å². The summed E-state index contributed by atoms with van der Waals surface area (Å²) in [5, 5.41) is 5.33. The fraction of sp³-hybridized carbons (Fsp3) is 0.217. The fourth-order valence-corrected chi connectivity index (χ4v) is 3.57. The van der Waals surface area contributed by atoms with E-state index in [0.717, 1.165) is 27.5 Å². The molecule has 1 aliphatic heterocycles. The van der Waals surface area contributed by atoms with Crippen LogP contribution < -0.4 is 11.1 Å². The highest BCUT2D eigenvalue weighted by Crippen LogP contribution is 2.18. The molecule has 0 aromatic heterocycles. The van der Waals surface area contributed by atoms with Gasteiger partial charge < -0.3 is 10.5 Å². The second-order valence-electron chi connectivity index (χ2n) is 7.14. The molecule has 1 heterocycles. The van der Waals surface area contributed by atoms with Gasteiger partial charge in [-0.15, -0.1) is 0 Å². The molecule has 142 valence electrons. The number of hydrogen-bond donors (Lipinski definition) is 2. The van der Waals surface area contributed by atoms with Crippen molar-refractivity contribution in [3.63, 3.8) is 0 Å². The number of fused-ring (bicyclic) bond motifs is 2. The Morgan fingerprint density at radius 3 is 2.54 bits per heavy atom. The van der Waals surface area contributed by atoms with E-state index in [1.807, 2.05) is 66.7 Å². The molecule has 0 saturated heterocycles. The number of nitrogens with two attached hydrogens (primary N) is 1. The van der Waals surface area contributed by atoms with E-state index in [-0.39, 0.29) is 0 Å². The standard InChI is InChI=1S/C23H22N2O3/c24-20(12-15-9-10-16-5-1-2-6-17(16)11-15)22(26)28-23(27)21-13-18-7-3-4-8-19(18)14-25-21/h1-11,20-21,25H,12-14,24H2/t20?,21-/m0/s1. The van der Waals surface area contributed by atoms with Gasteiger partial charge in [-0.2, -0.15) is 0 Å². The molecule has 2 atom stereocenters. The van der Waals surface area contributed by atoms with Crippen LogP contribution in [-0.2, 0) is 33.7 Å². The quantitative estimate of drug-likeness (QED) is 0.542. The Morgan fingerprint density at radius 1 is 1.00 bits per heavy atom. The molecule has 3 N–H and O–H groups in total. The third-order valence-corrected chi connectivity index (χ3v) is 5.14. The third-order valence-electron chi connectivity index (χ3n) is 5.14. The highest BCUT2D eigenvalue weighted by atomic mass is 16.6. The molecule has 0 aliphatic carbocycles. The number of rotatable bonds is 4. The first kappa shape index (κ1) is 18.3. The Balaban J connectivity index is 1.36. The SMILES string of the molecule is NC(Cc1ccc2ccccc2c1)C(=O)OC(=O)[C@@H]1Cc2ccccc2CN1. The van der Waals surface area contributed by atoms with Crippen molar-refractivity contribution >= 4 is 22.7 Å². The average Bonchev–Trinajstić information content (AvgIpc) is 2.73. The average molecular weight is 374 g/mol. The van der Waals surface area contributed by atoms with E-state index in [4.69, 9.17) is 10.5 Å². The number of nitrogens with one attached hydrogen (secondary N) is 1. The normalized spacial score (nSPS) is 17.0. The molecule has 3 aromatic carbocycles. The number of carbonyl (C=O) groups excluding carboxylic acids is 2.